The minimum atomic E-state index is 0.312. The summed E-state index contributed by atoms with van der Waals surface area (Å²) >= 11 is 0. The van der Waals surface area contributed by atoms with Gasteiger partial charge in [0.25, 0.3) is 0 Å². The lowest BCUT2D eigenvalue weighted by Gasteiger charge is -2.14. The largest absolute Gasteiger partial charge is 0.327 e. The van der Waals surface area contributed by atoms with Crippen molar-refractivity contribution in [1.29, 1.82) is 0 Å². The number of aromatic nitrogens is 3. The molecule has 1 rings (SSSR count). The summed E-state index contributed by atoms with van der Waals surface area (Å²) in [7, 11) is 1.89. The van der Waals surface area contributed by atoms with Gasteiger partial charge in [-0.3, -0.25) is 4.68 Å². The van der Waals surface area contributed by atoms with Gasteiger partial charge in [0.2, 0.25) is 0 Å². The maximum Gasteiger partial charge on any atom is 0.0827 e. The van der Waals surface area contributed by atoms with Crippen LogP contribution in [0.1, 0.15) is 32.4 Å². The third-order valence-electron chi connectivity index (χ3n) is 2.48. The van der Waals surface area contributed by atoms with Gasteiger partial charge in [0.05, 0.1) is 5.69 Å². The Morgan fingerprint density at radius 3 is 2.71 bits per heavy atom. The fraction of sp³-hybridized carbons (Fsp3) is 0.800. The Bertz CT molecular complexity index is 267. The van der Waals surface area contributed by atoms with E-state index in [0.717, 1.165) is 25.0 Å². The van der Waals surface area contributed by atoms with E-state index in [9.17, 15) is 0 Å². The van der Waals surface area contributed by atoms with E-state index in [1.807, 2.05) is 13.2 Å². The zero-order valence-corrected chi connectivity index (χ0v) is 9.27. The Kier molecular flexibility index (Phi) is 4.07. The zero-order chi connectivity index (χ0) is 10.6. The van der Waals surface area contributed by atoms with E-state index >= 15 is 0 Å². The summed E-state index contributed by atoms with van der Waals surface area (Å²) in [6, 6.07) is 0.312. The molecule has 0 saturated carbocycles. The van der Waals surface area contributed by atoms with Crippen LogP contribution in [0.2, 0.25) is 0 Å². The van der Waals surface area contributed by atoms with Crippen LogP contribution in [0.5, 0.6) is 0 Å². The van der Waals surface area contributed by atoms with Crippen molar-refractivity contribution in [3.05, 3.63) is 11.9 Å². The summed E-state index contributed by atoms with van der Waals surface area (Å²) < 4.78 is 1.73. The number of rotatable bonds is 5. The lowest BCUT2D eigenvalue weighted by Crippen LogP contribution is -2.26. The molecule has 0 aromatic carbocycles. The van der Waals surface area contributed by atoms with Crippen LogP contribution in [0.15, 0.2) is 6.20 Å². The second-order valence-corrected chi connectivity index (χ2v) is 4.18. The van der Waals surface area contributed by atoms with Crippen molar-refractivity contribution in [3.8, 4) is 0 Å². The van der Waals surface area contributed by atoms with E-state index in [1.54, 1.807) is 4.68 Å². The van der Waals surface area contributed by atoms with Crippen molar-refractivity contribution in [3.63, 3.8) is 0 Å². The maximum atomic E-state index is 5.94. The summed E-state index contributed by atoms with van der Waals surface area (Å²) in [5.41, 5.74) is 7.00. The summed E-state index contributed by atoms with van der Waals surface area (Å²) in [4.78, 5) is 0. The third kappa shape index (κ3) is 3.46. The SMILES string of the molecule is CC(C)C(N)CCCc1cn(C)nn1. The van der Waals surface area contributed by atoms with Gasteiger partial charge < -0.3 is 5.73 Å². The van der Waals surface area contributed by atoms with Gasteiger partial charge in [0.1, 0.15) is 0 Å². The molecule has 0 radical (unpaired) electrons. The van der Waals surface area contributed by atoms with Gasteiger partial charge in [0, 0.05) is 19.3 Å². The van der Waals surface area contributed by atoms with Crippen molar-refractivity contribution in [2.75, 3.05) is 0 Å². The molecule has 4 nitrogen and oxygen atoms in total. The molecule has 0 spiro atoms. The minimum Gasteiger partial charge on any atom is -0.327 e. The number of hydrogen-bond donors (Lipinski definition) is 1. The lowest BCUT2D eigenvalue weighted by atomic mass is 9.99. The highest BCUT2D eigenvalue weighted by Crippen LogP contribution is 2.08. The predicted octanol–water partition coefficient (Wildman–Crippen LogP) is 1.12. The van der Waals surface area contributed by atoms with E-state index in [1.165, 1.54) is 0 Å². The van der Waals surface area contributed by atoms with Crippen LogP contribution in [0, 0.1) is 5.92 Å². The molecule has 0 aliphatic rings. The molecule has 1 unspecified atom stereocenters. The molecule has 0 bridgehead atoms. The van der Waals surface area contributed by atoms with Gasteiger partial charge in [-0.1, -0.05) is 19.1 Å². The van der Waals surface area contributed by atoms with E-state index in [-0.39, 0.29) is 0 Å². The van der Waals surface area contributed by atoms with Crippen LogP contribution in [0.3, 0.4) is 0 Å². The van der Waals surface area contributed by atoms with Gasteiger partial charge in [-0.25, -0.2) is 0 Å². The van der Waals surface area contributed by atoms with Crippen molar-refractivity contribution < 1.29 is 0 Å². The van der Waals surface area contributed by atoms with E-state index in [2.05, 4.69) is 24.2 Å². The third-order valence-corrected chi connectivity index (χ3v) is 2.48. The summed E-state index contributed by atoms with van der Waals surface area (Å²) in [5, 5.41) is 7.91. The second-order valence-electron chi connectivity index (χ2n) is 4.18. The fourth-order valence-corrected chi connectivity index (χ4v) is 1.36. The van der Waals surface area contributed by atoms with Crippen LogP contribution < -0.4 is 5.73 Å². The van der Waals surface area contributed by atoms with E-state index < -0.39 is 0 Å². The van der Waals surface area contributed by atoms with Crippen LogP contribution >= 0.6 is 0 Å². The first kappa shape index (κ1) is 11.2. The van der Waals surface area contributed by atoms with Crippen LogP contribution in [0.25, 0.3) is 0 Å². The van der Waals surface area contributed by atoms with E-state index in [4.69, 9.17) is 5.73 Å². The molecule has 1 aromatic rings. The zero-order valence-electron chi connectivity index (χ0n) is 9.27. The smallest absolute Gasteiger partial charge is 0.0827 e. The molecule has 2 N–H and O–H groups in total. The van der Waals surface area contributed by atoms with Gasteiger partial charge in [-0.2, -0.15) is 0 Å². The lowest BCUT2D eigenvalue weighted by molar-refractivity contribution is 0.451. The highest BCUT2D eigenvalue weighted by atomic mass is 15.4. The topological polar surface area (TPSA) is 56.7 Å². The standard InChI is InChI=1S/C10H20N4/c1-8(2)10(11)6-4-5-9-7-14(3)13-12-9/h7-8,10H,4-6,11H2,1-3H3. The summed E-state index contributed by atoms with van der Waals surface area (Å²) in [6.45, 7) is 4.32. The van der Waals surface area contributed by atoms with Crippen LogP contribution in [-0.4, -0.2) is 21.0 Å². The van der Waals surface area contributed by atoms with Gasteiger partial charge in [-0.05, 0) is 25.2 Å². The molecule has 0 amide bonds. The Labute approximate surface area is 85.5 Å². The molecule has 80 valence electrons. The maximum absolute atomic E-state index is 5.94. The van der Waals surface area contributed by atoms with Crippen molar-refractivity contribution in [2.24, 2.45) is 18.7 Å². The number of nitrogens with zero attached hydrogens (tertiary/aromatic N) is 3. The number of hydrogen-bond acceptors (Lipinski definition) is 3. The van der Waals surface area contributed by atoms with Crippen LogP contribution in [-0.2, 0) is 13.5 Å². The molecule has 14 heavy (non-hydrogen) atoms. The predicted molar refractivity (Wildman–Crippen MR) is 56.8 cm³/mol. The highest BCUT2D eigenvalue weighted by molar-refractivity contribution is 4.91. The Balaban J connectivity index is 2.22. The van der Waals surface area contributed by atoms with E-state index in [0.29, 0.717) is 12.0 Å². The molecule has 1 heterocycles. The first-order chi connectivity index (χ1) is 6.59. The van der Waals surface area contributed by atoms with Crippen molar-refractivity contribution >= 4 is 0 Å². The molecular formula is C10H20N4. The molecule has 4 heteroatoms. The van der Waals surface area contributed by atoms with Crippen LogP contribution in [0.4, 0.5) is 0 Å². The molecule has 0 fully saturated rings. The average molecular weight is 196 g/mol. The Morgan fingerprint density at radius 2 is 2.21 bits per heavy atom. The fourth-order valence-electron chi connectivity index (χ4n) is 1.36. The normalized spacial score (nSPS) is 13.5. The average Bonchev–Trinajstić information content (AvgIpc) is 2.51. The quantitative estimate of drug-likeness (QED) is 0.767. The minimum absolute atomic E-state index is 0.312. The summed E-state index contributed by atoms with van der Waals surface area (Å²) in [6.07, 6.45) is 5.10. The highest BCUT2D eigenvalue weighted by Gasteiger charge is 2.07. The molecule has 0 aliphatic heterocycles. The first-order valence-corrected chi connectivity index (χ1v) is 5.20. The first-order valence-electron chi connectivity index (χ1n) is 5.20. The molecular weight excluding hydrogens is 176 g/mol. The van der Waals surface area contributed by atoms with Crippen molar-refractivity contribution in [2.45, 2.75) is 39.2 Å². The second kappa shape index (κ2) is 5.10. The van der Waals surface area contributed by atoms with Crippen molar-refractivity contribution in [1.82, 2.24) is 15.0 Å². The van der Waals surface area contributed by atoms with Gasteiger partial charge in [-0.15, -0.1) is 5.10 Å². The van der Waals surface area contributed by atoms with Gasteiger partial charge in [0.15, 0.2) is 0 Å². The van der Waals surface area contributed by atoms with Gasteiger partial charge >= 0.3 is 0 Å². The molecule has 1 atom stereocenters. The molecule has 0 saturated heterocycles. The Morgan fingerprint density at radius 1 is 1.50 bits per heavy atom. The Hall–Kier alpha value is -0.900. The monoisotopic (exact) mass is 196 g/mol. The molecule has 1 aromatic heterocycles. The number of aryl methyl sites for hydroxylation is 2. The number of nitrogens with two attached hydrogens (primary N) is 1. The molecule has 0 aliphatic carbocycles. The summed E-state index contributed by atoms with van der Waals surface area (Å²) in [5.74, 6) is 0.567.